The number of aliphatic imine (C=N–C) groups is 1. The molecule has 0 bridgehead atoms. The summed E-state index contributed by atoms with van der Waals surface area (Å²) in [6.07, 6.45) is -0.0179. The summed E-state index contributed by atoms with van der Waals surface area (Å²) in [4.78, 5) is 6.79. The van der Waals surface area contributed by atoms with Gasteiger partial charge in [0.1, 0.15) is 11.9 Å². The summed E-state index contributed by atoms with van der Waals surface area (Å²) >= 11 is 0. The zero-order valence-corrected chi connectivity index (χ0v) is 14.1. The SMILES string of the molecule is CCNC(=NCCOC)N1CC(C)OC(c2ccc(F)cc2)C1. The molecule has 1 saturated heterocycles. The molecule has 6 heteroatoms. The molecule has 23 heavy (non-hydrogen) atoms. The Bertz CT molecular complexity index is 507. The topological polar surface area (TPSA) is 46.1 Å². The van der Waals surface area contributed by atoms with Crippen LogP contribution in [0.25, 0.3) is 0 Å². The zero-order valence-electron chi connectivity index (χ0n) is 14.1. The molecular weight excluding hydrogens is 297 g/mol. The highest BCUT2D eigenvalue weighted by atomic mass is 19.1. The molecule has 0 saturated carbocycles. The molecule has 1 fully saturated rings. The fourth-order valence-corrected chi connectivity index (χ4v) is 2.65. The van der Waals surface area contributed by atoms with Crippen molar-refractivity contribution in [3.8, 4) is 0 Å². The standard InChI is InChI=1S/C17H26FN3O2/c1-4-19-17(20-9-10-22-3)21-11-13(2)23-16(12-21)14-5-7-15(18)8-6-14/h5-8,13,16H,4,9-12H2,1-3H3,(H,19,20). The number of nitrogens with one attached hydrogen (secondary N) is 1. The first-order valence-corrected chi connectivity index (χ1v) is 8.07. The summed E-state index contributed by atoms with van der Waals surface area (Å²) in [7, 11) is 1.67. The Morgan fingerprint density at radius 2 is 2.13 bits per heavy atom. The smallest absolute Gasteiger partial charge is 0.194 e. The van der Waals surface area contributed by atoms with Gasteiger partial charge in [0.15, 0.2) is 5.96 Å². The molecule has 0 aromatic heterocycles. The first kappa shape index (κ1) is 17.7. The van der Waals surface area contributed by atoms with E-state index in [4.69, 9.17) is 9.47 Å². The number of guanidine groups is 1. The largest absolute Gasteiger partial charge is 0.383 e. The molecule has 1 aliphatic rings. The summed E-state index contributed by atoms with van der Waals surface area (Å²) in [5.41, 5.74) is 0.982. The van der Waals surface area contributed by atoms with E-state index in [0.29, 0.717) is 19.7 Å². The molecule has 1 aliphatic heterocycles. The average molecular weight is 323 g/mol. The van der Waals surface area contributed by atoms with E-state index < -0.39 is 0 Å². The summed E-state index contributed by atoms with van der Waals surface area (Å²) < 4.78 is 24.2. The van der Waals surface area contributed by atoms with Crippen molar-refractivity contribution < 1.29 is 13.9 Å². The van der Waals surface area contributed by atoms with Crippen LogP contribution in [0, 0.1) is 5.82 Å². The number of ether oxygens (including phenoxy) is 2. The Kier molecular flexibility index (Phi) is 6.80. The van der Waals surface area contributed by atoms with E-state index in [9.17, 15) is 4.39 Å². The van der Waals surface area contributed by atoms with Crippen molar-refractivity contribution in [3.63, 3.8) is 0 Å². The first-order chi connectivity index (χ1) is 11.1. The third-order valence-corrected chi connectivity index (χ3v) is 3.69. The normalized spacial score (nSPS) is 22.3. The van der Waals surface area contributed by atoms with Gasteiger partial charge in [0.25, 0.3) is 0 Å². The fraction of sp³-hybridized carbons (Fsp3) is 0.588. The maximum Gasteiger partial charge on any atom is 0.194 e. The molecule has 1 aromatic rings. The van der Waals surface area contributed by atoms with Gasteiger partial charge in [0.2, 0.25) is 0 Å². The fourth-order valence-electron chi connectivity index (χ4n) is 2.65. The predicted molar refractivity (Wildman–Crippen MR) is 89.1 cm³/mol. The number of benzene rings is 1. The van der Waals surface area contributed by atoms with Gasteiger partial charge in [-0.05, 0) is 31.5 Å². The van der Waals surface area contributed by atoms with Crippen LogP contribution < -0.4 is 5.32 Å². The van der Waals surface area contributed by atoms with Gasteiger partial charge in [-0.15, -0.1) is 0 Å². The molecule has 5 nitrogen and oxygen atoms in total. The number of rotatable bonds is 5. The highest BCUT2D eigenvalue weighted by Gasteiger charge is 2.28. The zero-order chi connectivity index (χ0) is 16.7. The van der Waals surface area contributed by atoms with E-state index in [2.05, 4.69) is 15.2 Å². The van der Waals surface area contributed by atoms with Gasteiger partial charge >= 0.3 is 0 Å². The van der Waals surface area contributed by atoms with Gasteiger partial charge in [0.05, 0.1) is 25.8 Å². The van der Waals surface area contributed by atoms with Crippen LogP contribution in [0.1, 0.15) is 25.5 Å². The van der Waals surface area contributed by atoms with Gasteiger partial charge in [-0.2, -0.15) is 0 Å². The van der Waals surface area contributed by atoms with Crippen LogP contribution in [0.15, 0.2) is 29.3 Å². The van der Waals surface area contributed by atoms with Crippen LogP contribution >= 0.6 is 0 Å². The van der Waals surface area contributed by atoms with Crippen LogP contribution in [0.3, 0.4) is 0 Å². The number of nitrogens with zero attached hydrogens (tertiary/aromatic N) is 2. The second-order valence-corrected chi connectivity index (χ2v) is 5.62. The maximum atomic E-state index is 13.1. The van der Waals surface area contributed by atoms with E-state index in [1.807, 2.05) is 13.8 Å². The Hall–Kier alpha value is -1.66. The number of halogens is 1. The van der Waals surface area contributed by atoms with Crippen molar-refractivity contribution in [2.45, 2.75) is 26.1 Å². The average Bonchev–Trinajstić information content (AvgIpc) is 2.54. The molecular formula is C17H26FN3O2. The minimum absolute atomic E-state index is 0.0742. The van der Waals surface area contributed by atoms with Gasteiger partial charge in [-0.3, -0.25) is 4.99 Å². The number of morpholine rings is 1. The third kappa shape index (κ3) is 5.18. The van der Waals surface area contributed by atoms with E-state index in [1.165, 1.54) is 12.1 Å². The Balaban J connectivity index is 2.11. The number of hydrogen-bond acceptors (Lipinski definition) is 3. The predicted octanol–water partition coefficient (Wildman–Crippen LogP) is 2.20. The second-order valence-electron chi connectivity index (χ2n) is 5.62. The molecule has 0 amide bonds. The molecule has 2 unspecified atom stereocenters. The van der Waals surface area contributed by atoms with Crippen LogP contribution in [0.4, 0.5) is 4.39 Å². The minimum Gasteiger partial charge on any atom is -0.383 e. The molecule has 0 radical (unpaired) electrons. The third-order valence-electron chi connectivity index (χ3n) is 3.69. The molecule has 1 N–H and O–H groups in total. The van der Waals surface area contributed by atoms with Crippen molar-refractivity contribution in [2.24, 2.45) is 4.99 Å². The maximum absolute atomic E-state index is 13.1. The van der Waals surface area contributed by atoms with Gasteiger partial charge in [0, 0.05) is 20.2 Å². The molecule has 0 spiro atoms. The number of methoxy groups -OCH3 is 1. The van der Waals surface area contributed by atoms with E-state index >= 15 is 0 Å². The first-order valence-electron chi connectivity index (χ1n) is 8.07. The summed E-state index contributed by atoms with van der Waals surface area (Å²) in [6.45, 7) is 7.57. The number of hydrogen-bond donors (Lipinski definition) is 1. The Morgan fingerprint density at radius 3 is 2.78 bits per heavy atom. The minimum atomic E-state index is -0.232. The highest BCUT2D eigenvalue weighted by molar-refractivity contribution is 5.80. The lowest BCUT2D eigenvalue weighted by atomic mass is 10.1. The lowest BCUT2D eigenvalue weighted by Crippen LogP contribution is -2.50. The van der Waals surface area contributed by atoms with Crippen molar-refractivity contribution in [3.05, 3.63) is 35.6 Å². The van der Waals surface area contributed by atoms with Crippen LogP contribution in [0.5, 0.6) is 0 Å². The van der Waals surface area contributed by atoms with Crippen molar-refractivity contribution in [1.82, 2.24) is 10.2 Å². The van der Waals surface area contributed by atoms with Crippen LogP contribution in [0.2, 0.25) is 0 Å². The lowest BCUT2D eigenvalue weighted by Gasteiger charge is -2.38. The van der Waals surface area contributed by atoms with E-state index in [-0.39, 0.29) is 18.0 Å². The van der Waals surface area contributed by atoms with Crippen molar-refractivity contribution >= 4 is 5.96 Å². The van der Waals surface area contributed by atoms with Crippen LogP contribution in [-0.2, 0) is 9.47 Å². The quantitative estimate of drug-likeness (QED) is 0.513. The molecule has 1 aromatic carbocycles. The second kappa shape index (κ2) is 8.84. The van der Waals surface area contributed by atoms with E-state index in [1.54, 1.807) is 19.2 Å². The Morgan fingerprint density at radius 1 is 1.39 bits per heavy atom. The lowest BCUT2D eigenvalue weighted by molar-refractivity contribution is -0.0605. The van der Waals surface area contributed by atoms with Gasteiger partial charge < -0.3 is 19.7 Å². The summed E-state index contributed by atoms with van der Waals surface area (Å²) in [5.74, 6) is 0.635. The van der Waals surface area contributed by atoms with Gasteiger partial charge in [-0.25, -0.2) is 4.39 Å². The molecule has 2 atom stereocenters. The highest BCUT2D eigenvalue weighted by Crippen LogP contribution is 2.25. The van der Waals surface area contributed by atoms with Crippen molar-refractivity contribution in [2.75, 3.05) is 39.9 Å². The summed E-state index contributed by atoms with van der Waals surface area (Å²) in [6, 6.07) is 6.51. The molecule has 0 aliphatic carbocycles. The monoisotopic (exact) mass is 323 g/mol. The van der Waals surface area contributed by atoms with Crippen molar-refractivity contribution in [1.29, 1.82) is 0 Å². The summed E-state index contributed by atoms with van der Waals surface area (Å²) in [5, 5.41) is 3.32. The molecule has 2 rings (SSSR count). The Labute approximate surface area is 137 Å². The van der Waals surface area contributed by atoms with E-state index in [0.717, 1.165) is 24.6 Å². The van der Waals surface area contributed by atoms with Crippen LogP contribution in [-0.4, -0.2) is 56.9 Å². The van der Waals surface area contributed by atoms with Gasteiger partial charge in [-0.1, -0.05) is 12.1 Å². The molecule has 1 heterocycles. The molecule has 128 valence electrons.